The van der Waals surface area contributed by atoms with Crippen molar-refractivity contribution in [2.75, 3.05) is 5.32 Å². The molecule has 0 atom stereocenters. The van der Waals surface area contributed by atoms with Crippen molar-refractivity contribution < 1.29 is 13.6 Å². The zero-order chi connectivity index (χ0) is 20.7. The molecule has 1 amide bonds. The van der Waals surface area contributed by atoms with Gasteiger partial charge in [0.2, 0.25) is 5.91 Å². The van der Waals surface area contributed by atoms with Crippen molar-refractivity contribution in [2.24, 2.45) is 7.05 Å². The Bertz CT molecular complexity index is 1330. The van der Waals surface area contributed by atoms with Crippen LogP contribution in [-0.2, 0) is 18.4 Å². The summed E-state index contributed by atoms with van der Waals surface area (Å²) in [5.74, 6) is -1.74. The molecule has 0 radical (unpaired) electrons. The average Bonchev–Trinajstić information content (AvgIpc) is 3.07. The van der Waals surface area contributed by atoms with Crippen LogP contribution in [0.4, 0.5) is 14.5 Å². The maximum absolute atomic E-state index is 14.0. The molecule has 0 fully saturated rings. The Balaban J connectivity index is 1.69. The van der Waals surface area contributed by atoms with E-state index in [9.17, 15) is 18.4 Å². The molecule has 0 spiro atoms. The Morgan fingerprint density at radius 3 is 2.79 bits per heavy atom. The van der Waals surface area contributed by atoms with Crippen LogP contribution in [0.25, 0.3) is 21.8 Å². The molecular weight excluding hydrogens is 402 g/mol. The molecule has 0 aliphatic rings. The van der Waals surface area contributed by atoms with E-state index in [0.717, 1.165) is 0 Å². The Morgan fingerprint density at radius 1 is 1.21 bits per heavy atom. The number of hydrogen-bond acceptors (Lipinski definition) is 3. The lowest BCUT2D eigenvalue weighted by Crippen LogP contribution is -2.24. The van der Waals surface area contributed by atoms with Gasteiger partial charge in [-0.3, -0.25) is 14.3 Å². The molecule has 9 heteroatoms. The van der Waals surface area contributed by atoms with E-state index >= 15 is 0 Å². The van der Waals surface area contributed by atoms with Crippen molar-refractivity contribution in [1.29, 1.82) is 0 Å². The number of rotatable bonds is 4. The van der Waals surface area contributed by atoms with Gasteiger partial charge in [0.15, 0.2) is 5.82 Å². The van der Waals surface area contributed by atoms with Crippen LogP contribution in [0.5, 0.6) is 0 Å². The van der Waals surface area contributed by atoms with Crippen LogP contribution in [0, 0.1) is 11.6 Å². The van der Waals surface area contributed by atoms with Crippen molar-refractivity contribution in [3.63, 3.8) is 0 Å². The number of fused-ring (bicyclic) bond motifs is 3. The maximum atomic E-state index is 14.0. The Labute approximate surface area is 168 Å². The highest BCUT2D eigenvalue weighted by Crippen LogP contribution is 2.24. The minimum atomic E-state index is -0.732. The second kappa shape index (κ2) is 7.29. The number of nitrogens with zero attached hydrogens (tertiary/aromatic N) is 3. The number of halogens is 3. The Hall–Kier alpha value is -3.26. The quantitative estimate of drug-likeness (QED) is 0.549. The molecule has 0 unspecified atom stereocenters. The second-order valence-corrected chi connectivity index (χ2v) is 6.96. The number of nitrogens with one attached hydrogen (secondary N) is 1. The first kappa shape index (κ1) is 19.1. The van der Waals surface area contributed by atoms with Gasteiger partial charge in [-0.1, -0.05) is 17.7 Å². The van der Waals surface area contributed by atoms with E-state index < -0.39 is 17.5 Å². The molecule has 0 saturated carbocycles. The Morgan fingerprint density at radius 2 is 2.00 bits per heavy atom. The number of carbonyl (C=O) groups is 1. The molecule has 0 bridgehead atoms. The maximum Gasteiger partial charge on any atom is 0.262 e. The first-order valence-electron chi connectivity index (χ1n) is 8.74. The lowest BCUT2D eigenvalue weighted by molar-refractivity contribution is -0.116. The summed E-state index contributed by atoms with van der Waals surface area (Å²) < 4.78 is 30.7. The van der Waals surface area contributed by atoms with Gasteiger partial charge in [0.25, 0.3) is 5.56 Å². The van der Waals surface area contributed by atoms with Gasteiger partial charge >= 0.3 is 0 Å². The van der Waals surface area contributed by atoms with Gasteiger partial charge < -0.3 is 9.88 Å². The van der Waals surface area contributed by atoms with E-state index in [4.69, 9.17) is 11.6 Å². The van der Waals surface area contributed by atoms with Crippen LogP contribution < -0.4 is 10.9 Å². The first-order valence-corrected chi connectivity index (χ1v) is 9.12. The summed E-state index contributed by atoms with van der Waals surface area (Å²) in [5, 5.41) is 7.45. The number of pyridine rings is 1. The van der Waals surface area contributed by atoms with Gasteiger partial charge in [0.05, 0.1) is 33.3 Å². The fraction of sp³-hybridized carbons (Fsp3) is 0.150. The molecule has 0 saturated heterocycles. The van der Waals surface area contributed by atoms with E-state index in [2.05, 4.69) is 10.4 Å². The average molecular weight is 417 g/mol. The summed E-state index contributed by atoms with van der Waals surface area (Å²) in [7, 11) is 1.70. The van der Waals surface area contributed by atoms with Crippen LogP contribution in [0.1, 0.15) is 6.42 Å². The third kappa shape index (κ3) is 3.36. The molecule has 1 N–H and O–H groups in total. The molecule has 2 aromatic carbocycles. The highest BCUT2D eigenvalue weighted by molar-refractivity contribution is 6.31. The fourth-order valence-electron chi connectivity index (χ4n) is 3.34. The second-order valence-electron chi connectivity index (χ2n) is 6.55. The highest BCUT2D eigenvalue weighted by atomic mass is 35.5. The molecule has 4 rings (SSSR count). The van der Waals surface area contributed by atoms with Gasteiger partial charge in [-0.05, 0) is 30.3 Å². The zero-order valence-electron chi connectivity index (χ0n) is 15.2. The van der Waals surface area contributed by atoms with Crippen LogP contribution in [-0.4, -0.2) is 20.3 Å². The van der Waals surface area contributed by atoms with Crippen LogP contribution in [0.15, 0.2) is 47.4 Å². The minimum Gasteiger partial charge on any atom is -0.323 e. The third-order valence-corrected chi connectivity index (χ3v) is 5.00. The highest BCUT2D eigenvalue weighted by Gasteiger charge is 2.16. The SMILES string of the molecule is Cn1ncc2c(=O)n(CCC(=O)Nc3cccc(Cl)c3F)c3cc(F)ccc3c21. The number of amides is 1. The normalized spacial score (nSPS) is 11.3. The molecule has 29 heavy (non-hydrogen) atoms. The van der Waals surface area contributed by atoms with Gasteiger partial charge in [0, 0.05) is 25.4 Å². The molecule has 0 aliphatic heterocycles. The lowest BCUT2D eigenvalue weighted by atomic mass is 10.1. The molecule has 148 valence electrons. The number of hydrogen-bond donors (Lipinski definition) is 1. The third-order valence-electron chi connectivity index (χ3n) is 4.71. The van der Waals surface area contributed by atoms with E-state index in [1.54, 1.807) is 17.8 Å². The topological polar surface area (TPSA) is 68.9 Å². The fourth-order valence-corrected chi connectivity index (χ4v) is 3.52. The first-order chi connectivity index (χ1) is 13.9. The van der Waals surface area contributed by atoms with Crippen molar-refractivity contribution in [2.45, 2.75) is 13.0 Å². The summed E-state index contributed by atoms with van der Waals surface area (Å²) in [5.41, 5.74) is 0.515. The molecule has 4 aromatic rings. The summed E-state index contributed by atoms with van der Waals surface area (Å²) in [4.78, 5) is 25.2. The van der Waals surface area contributed by atoms with Gasteiger partial charge in [-0.2, -0.15) is 5.10 Å². The van der Waals surface area contributed by atoms with Gasteiger partial charge in [0.1, 0.15) is 5.82 Å². The summed E-state index contributed by atoms with van der Waals surface area (Å²) in [6.45, 7) is -0.0162. The van der Waals surface area contributed by atoms with Gasteiger partial charge in [-0.15, -0.1) is 0 Å². The Kier molecular flexibility index (Phi) is 4.79. The summed E-state index contributed by atoms with van der Waals surface area (Å²) in [6.07, 6.45) is 1.32. The number of aromatic nitrogens is 3. The van der Waals surface area contributed by atoms with Gasteiger partial charge in [-0.25, -0.2) is 8.78 Å². The van der Waals surface area contributed by atoms with Crippen LogP contribution >= 0.6 is 11.6 Å². The molecule has 6 nitrogen and oxygen atoms in total. The van der Waals surface area contributed by atoms with E-state index in [0.29, 0.717) is 21.8 Å². The predicted molar refractivity (Wildman–Crippen MR) is 107 cm³/mol. The van der Waals surface area contributed by atoms with E-state index in [-0.39, 0.29) is 29.2 Å². The minimum absolute atomic E-state index is 0.0162. The number of carbonyl (C=O) groups excluding carboxylic acids is 1. The standard InChI is InChI=1S/C20H15ClF2N4O2/c1-26-19-12-6-5-11(22)9-16(12)27(20(29)13(19)10-24-26)8-7-17(28)25-15-4-2-3-14(21)18(15)23/h2-6,9-10H,7-8H2,1H3,(H,25,28). The smallest absolute Gasteiger partial charge is 0.262 e. The van der Waals surface area contributed by atoms with E-state index in [1.165, 1.54) is 41.1 Å². The number of anilines is 1. The van der Waals surface area contributed by atoms with Crippen molar-refractivity contribution >= 4 is 45.0 Å². The van der Waals surface area contributed by atoms with Crippen molar-refractivity contribution in [1.82, 2.24) is 14.3 Å². The molecule has 2 aromatic heterocycles. The molecular formula is C20H15ClF2N4O2. The largest absolute Gasteiger partial charge is 0.323 e. The lowest BCUT2D eigenvalue weighted by Gasteiger charge is -2.13. The summed E-state index contributed by atoms with van der Waals surface area (Å²) in [6, 6.07) is 8.40. The number of aryl methyl sites for hydroxylation is 2. The number of benzene rings is 2. The summed E-state index contributed by atoms with van der Waals surface area (Å²) >= 11 is 5.71. The molecule has 2 heterocycles. The zero-order valence-corrected chi connectivity index (χ0v) is 16.0. The van der Waals surface area contributed by atoms with Crippen molar-refractivity contribution in [3.8, 4) is 0 Å². The van der Waals surface area contributed by atoms with Crippen LogP contribution in [0.2, 0.25) is 5.02 Å². The van der Waals surface area contributed by atoms with Crippen LogP contribution in [0.3, 0.4) is 0 Å². The van der Waals surface area contributed by atoms with Crippen molar-refractivity contribution in [3.05, 3.63) is 69.6 Å². The van der Waals surface area contributed by atoms with E-state index in [1.807, 2.05) is 0 Å². The molecule has 0 aliphatic carbocycles. The monoisotopic (exact) mass is 416 g/mol. The predicted octanol–water partition coefficient (Wildman–Crippen LogP) is 3.85.